The molecule has 2 fully saturated rings. The molecule has 0 nitrogen and oxygen atoms in total. The van der Waals surface area contributed by atoms with Gasteiger partial charge in [0, 0.05) is 8.80 Å². The van der Waals surface area contributed by atoms with E-state index in [1.165, 1.54) is 57.1 Å². The van der Waals surface area contributed by atoms with Crippen LogP contribution >= 0.6 is 0 Å². The Kier molecular flexibility index (Phi) is 8.70. The molecule has 0 unspecified atom stereocenters. The monoisotopic (exact) mass is 424 g/mol. The molecule has 1 aromatic rings. The van der Waals surface area contributed by atoms with Crippen LogP contribution in [-0.4, -0.2) is 8.80 Å². The highest BCUT2D eigenvalue weighted by Crippen LogP contribution is 2.42. The standard InChI is InChI=1S/C25H39F3Si/c1-2-17-29-18-15-23(16-19-29)22-11-7-20(8-12-22)5-3-4-6-21-9-13-24(14-10-21)25(26,27)28/h9-10,13-14,20,22-23,29H,2-8,11-12,15-19H2,1H3. The topological polar surface area (TPSA) is 0 Å². The maximum absolute atomic E-state index is 12.6. The molecular formula is C25H39F3Si. The van der Waals surface area contributed by atoms with Gasteiger partial charge in [-0.3, -0.25) is 0 Å². The molecule has 1 heterocycles. The molecule has 3 rings (SSSR count). The molecule has 0 amide bonds. The second-order valence-corrected chi connectivity index (χ2v) is 13.3. The molecular weight excluding hydrogens is 385 g/mol. The van der Waals surface area contributed by atoms with Crippen LogP contribution < -0.4 is 0 Å². The van der Waals surface area contributed by atoms with E-state index in [-0.39, 0.29) is 8.80 Å². The summed E-state index contributed by atoms with van der Waals surface area (Å²) < 4.78 is 37.9. The highest BCUT2D eigenvalue weighted by molar-refractivity contribution is 6.58. The van der Waals surface area contributed by atoms with Crippen LogP contribution in [0.15, 0.2) is 24.3 Å². The molecule has 1 saturated heterocycles. The van der Waals surface area contributed by atoms with Crippen molar-refractivity contribution in [1.82, 2.24) is 0 Å². The molecule has 2 aliphatic rings. The van der Waals surface area contributed by atoms with E-state index in [1.54, 1.807) is 43.1 Å². The van der Waals surface area contributed by atoms with Crippen molar-refractivity contribution in [3.63, 3.8) is 0 Å². The van der Waals surface area contributed by atoms with E-state index in [1.807, 2.05) is 0 Å². The summed E-state index contributed by atoms with van der Waals surface area (Å²) in [7, 11) is -0.344. The molecule has 0 atom stereocenters. The zero-order chi connectivity index (χ0) is 20.7. The van der Waals surface area contributed by atoms with E-state index in [2.05, 4.69) is 6.92 Å². The zero-order valence-corrected chi connectivity index (χ0v) is 19.3. The molecule has 0 spiro atoms. The van der Waals surface area contributed by atoms with Crippen LogP contribution in [0, 0.1) is 17.8 Å². The third-order valence-electron chi connectivity index (χ3n) is 7.76. The Bertz CT molecular complexity index is 579. The van der Waals surface area contributed by atoms with Gasteiger partial charge in [-0.1, -0.05) is 82.1 Å². The normalized spacial score (nSPS) is 28.4. The van der Waals surface area contributed by atoms with Crippen LogP contribution in [0.25, 0.3) is 0 Å². The summed E-state index contributed by atoms with van der Waals surface area (Å²) in [6.07, 6.45) is 10.5. The summed E-state index contributed by atoms with van der Waals surface area (Å²) in [5, 5.41) is 0. The van der Waals surface area contributed by atoms with Crippen LogP contribution in [-0.2, 0) is 12.6 Å². The second-order valence-electron chi connectivity index (χ2n) is 9.79. The van der Waals surface area contributed by atoms with Crippen molar-refractivity contribution in [3.8, 4) is 0 Å². The van der Waals surface area contributed by atoms with E-state index in [0.29, 0.717) is 0 Å². The number of alkyl halides is 3. The molecule has 1 saturated carbocycles. The van der Waals surface area contributed by atoms with Gasteiger partial charge < -0.3 is 0 Å². The third kappa shape index (κ3) is 7.15. The van der Waals surface area contributed by atoms with E-state index in [9.17, 15) is 13.2 Å². The smallest absolute Gasteiger partial charge is 0.166 e. The summed E-state index contributed by atoms with van der Waals surface area (Å²) in [6, 6.07) is 10.5. The fourth-order valence-corrected chi connectivity index (χ4v) is 9.41. The van der Waals surface area contributed by atoms with E-state index < -0.39 is 11.7 Å². The van der Waals surface area contributed by atoms with Gasteiger partial charge in [-0.15, -0.1) is 0 Å². The van der Waals surface area contributed by atoms with Crippen molar-refractivity contribution in [3.05, 3.63) is 35.4 Å². The lowest BCUT2D eigenvalue weighted by Gasteiger charge is -2.37. The minimum Gasteiger partial charge on any atom is -0.166 e. The maximum Gasteiger partial charge on any atom is 0.416 e. The fourth-order valence-electron chi connectivity index (χ4n) is 5.93. The van der Waals surface area contributed by atoms with Crippen molar-refractivity contribution < 1.29 is 13.2 Å². The highest BCUT2D eigenvalue weighted by atomic mass is 28.3. The van der Waals surface area contributed by atoms with Crippen LogP contribution in [0.3, 0.4) is 0 Å². The van der Waals surface area contributed by atoms with Gasteiger partial charge in [0.1, 0.15) is 0 Å². The van der Waals surface area contributed by atoms with Crippen molar-refractivity contribution in [1.29, 1.82) is 0 Å². The summed E-state index contributed by atoms with van der Waals surface area (Å²) in [4.78, 5) is 0. The van der Waals surface area contributed by atoms with Crippen LogP contribution in [0.1, 0.15) is 82.3 Å². The molecule has 1 aliphatic carbocycles. The minimum atomic E-state index is -4.23. The zero-order valence-electron chi connectivity index (χ0n) is 18.2. The van der Waals surface area contributed by atoms with Gasteiger partial charge in [-0.2, -0.15) is 13.2 Å². The van der Waals surface area contributed by atoms with Crippen molar-refractivity contribution in [2.45, 2.75) is 102 Å². The Morgan fingerprint density at radius 3 is 2.07 bits per heavy atom. The molecule has 4 heteroatoms. The first kappa shape index (κ1) is 22.9. The van der Waals surface area contributed by atoms with Gasteiger partial charge >= 0.3 is 6.18 Å². The number of hydrogen-bond acceptors (Lipinski definition) is 0. The summed E-state index contributed by atoms with van der Waals surface area (Å²) in [5.74, 6) is 2.94. The molecule has 164 valence electrons. The van der Waals surface area contributed by atoms with Crippen molar-refractivity contribution >= 4 is 8.80 Å². The number of halogens is 3. The lowest BCUT2D eigenvalue weighted by atomic mass is 9.73. The molecule has 0 N–H and O–H groups in total. The average molecular weight is 425 g/mol. The quantitative estimate of drug-likeness (QED) is 0.291. The Morgan fingerprint density at radius 1 is 0.862 bits per heavy atom. The van der Waals surface area contributed by atoms with Gasteiger partial charge in [0.25, 0.3) is 0 Å². The lowest BCUT2D eigenvalue weighted by Crippen LogP contribution is -2.28. The summed E-state index contributed by atoms with van der Waals surface area (Å²) in [6.45, 7) is 2.35. The molecule has 1 aliphatic heterocycles. The lowest BCUT2D eigenvalue weighted by molar-refractivity contribution is -0.137. The van der Waals surface area contributed by atoms with Gasteiger partial charge in [0.15, 0.2) is 0 Å². The first-order chi connectivity index (χ1) is 14.0. The molecule has 0 aromatic heterocycles. The number of unbranched alkanes of at least 4 members (excludes halogenated alkanes) is 1. The van der Waals surface area contributed by atoms with Gasteiger partial charge in [0.05, 0.1) is 5.56 Å². The first-order valence-corrected chi connectivity index (χ1v) is 14.6. The predicted octanol–water partition coefficient (Wildman–Crippen LogP) is 8.27. The van der Waals surface area contributed by atoms with Crippen molar-refractivity contribution in [2.24, 2.45) is 17.8 Å². The molecule has 0 radical (unpaired) electrons. The molecule has 1 aromatic carbocycles. The minimum absolute atomic E-state index is 0.344. The predicted molar refractivity (Wildman–Crippen MR) is 119 cm³/mol. The Morgan fingerprint density at radius 2 is 1.48 bits per heavy atom. The largest absolute Gasteiger partial charge is 0.416 e. The number of rotatable bonds is 8. The van der Waals surface area contributed by atoms with Gasteiger partial charge in [0.2, 0.25) is 0 Å². The SMILES string of the molecule is CCC[SiH]1CCC(C2CCC(CCCCc3ccc(C(F)(F)F)cc3)CC2)CC1. The number of aryl methyl sites for hydroxylation is 1. The van der Waals surface area contributed by atoms with Crippen molar-refractivity contribution in [2.75, 3.05) is 0 Å². The van der Waals surface area contributed by atoms with E-state index in [4.69, 9.17) is 0 Å². The van der Waals surface area contributed by atoms with Gasteiger partial charge in [-0.05, 0) is 61.1 Å². The van der Waals surface area contributed by atoms with Crippen LogP contribution in [0.5, 0.6) is 0 Å². The fraction of sp³-hybridized carbons (Fsp3) is 0.760. The van der Waals surface area contributed by atoms with E-state index in [0.717, 1.165) is 36.2 Å². The first-order valence-electron chi connectivity index (χ1n) is 12.1. The highest BCUT2D eigenvalue weighted by Gasteiger charge is 2.31. The second kappa shape index (κ2) is 11.0. The summed E-state index contributed by atoms with van der Waals surface area (Å²) in [5.41, 5.74) is 0.489. The van der Waals surface area contributed by atoms with Crippen LogP contribution in [0.2, 0.25) is 18.1 Å². The number of benzene rings is 1. The average Bonchev–Trinajstić information content (AvgIpc) is 2.72. The molecule has 0 bridgehead atoms. The molecule has 29 heavy (non-hydrogen) atoms. The third-order valence-corrected chi connectivity index (χ3v) is 11.4. The Hall–Kier alpha value is -0.773. The Balaban J connectivity index is 1.29. The summed E-state index contributed by atoms with van der Waals surface area (Å²) >= 11 is 0. The maximum atomic E-state index is 12.6. The van der Waals surface area contributed by atoms with Gasteiger partial charge in [-0.25, -0.2) is 0 Å². The Labute approximate surface area is 177 Å². The van der Waals surface area contributed by atoms with E-state index >= 15 is 0 Å². The van der Waals surface area contributed by atoms with Crippen LogP contribution in [0.4, 0.5) is 13.2 Å². The number of hydrogen-bond donors (Lipinski definition) is 0.